The molecule has 0 saturated carbocycles. The summed E-state index contributed by atoms with van der Waals surface area (Å²) in [5.74, 6) is 0. The largest absolute Gasteiger partial charge is 0.399 e. The van der Waals surface area contributed by atoms with Crippen LogP contribution in [0.1, 0.15) is 31.2 Å². The monoisotopic (exact) mass is 278 g/mol. The third-order valence-corrected chi connectivity index (χ3v) is 4.25. The summed E-state index contributed by atoms with van der Waals surface area (Å²) in [6, 6.07) is 7.08. The number of nitrogens with two attached hydrogens (primary N) is 1. The number of hydrogen-bond acceptors (Lipinski definition) is 4. The van der Waals surface area contributed by atoms with E-state index < -0.39 is 0 Å². The molecule has 0 radical (unpaired) electrons. The molecule has 114 valence electrons. The summed E-state index contributed by atoms with van der Waals surface area (Å²) in [6.45, 7) is 4.37. The molecular weight excluding hydrogens is 248 g/mol. The molecule has 1 unspecified atom stereocenters. The van der Waals surface area contributed by atoms with Crippen LogP contribution in [0.25, 0.3) is 0 Å². The number of nitrogens with zero attached hydrogens (tertiary/aromatic N) is 2. The summed E-state index contributed by atoms with van der Waals surface area (Å²) in [5.41, 5.74) is 9.31. The highest BCUT2D eigenvalue weighted by Gasteiger charge is 2.19. The molecule has 1 saturated heterocycles. The van der Waals surface area contributed by atoms with Crippen LogP contribution < -0.4 is 16.8 Å². The van der Waals surface area contributed by atoms with E-state index in [9.17, 15) is 0 Å². The van der Waals surface area contributed by atoms with Crippen LogP contribution in [0.5, 0.6) is 0 Å². The maximum absolute atomic E-state index is 5.92. The summed E-state index contributed by atoms with van der Waals surface area (Å²) in [4.78, 5) is 4.89. The van der Waals surface area contributed by atoms with Gasteiger partial charge in [0, 0.05) is 30.5 Å². The van der Waals surface area contributed by atoms with Gasteiger partial charge >= 0.3 is 0 Å². The average molecular weight is 278 g/mol. The summed E-state index contributed by atoms with van der Waals surface area (Å²) in [5, 5.41) is 0. The zero-order valence-corrected chi connectivity index (χ0v) is 13.2. The Hall–Kier alpha value is -1.26. The predicted octanol–water partition coefficient (Wildman–Crippen LogP) is 3.05. The van der Waals surface area contributed by atoms with E-state index in [4.69, 9.17) is 5.73 Å². The third kappa shape index (κ3) is 4.12. The summed E-state index contributed by atoms with van der Waals surface area (Å²) >= 11 is 0. The van der Waals surface area contributed by atoms with E-state index in [0.29, 0.717) is 6.04 Å². The number of hydrogen-bond donors (Lipinski definition) is 2. The molecule has 20 heavy (non-hydrogen) atoms. The van der Waals surface area contributed by atoms with Gasteiger partial charge in [0.15, 0.2) is 0 Å². The predicted molar refractivity (Wildman–Crippen MR) is 88.8 cm³/mol. The number of nitrogen functional groups attached to an aromatic ring is 1. The van der Waals surface area contributed by atoms with Gasteiger partial charge in [0.05, 0.1) is 0 Å². The van der Waals surface area contributed by atoms with Crippen molar-refractivity contribution in [1.29, 1.82) is 0 Å². The molecule has 1 aromatic rings. The summed E-state index contributed by atoms with van der Waals surface area (Å²) < 4.78 is 0. The summed E-state index contributed by atoms with van der Waals surface area (Å²) in [6.07, 6.45) is 5.30. The first-order chi connectivity index (χ1) is 9.08. The van der Waals surface area contributed by atoms with Gasteiger partial charge in [-0.3, -0.25) is 0 Å². The lowest BCUT2D eigenvalue weighted by Gasteiger charge is -2.35. The van der Waals surface area contributed by atoms with E-state index >= 15 is 0 Å². The van der Waals surface area contributed by atoms with Crippen molar-refractivity contribution in [3.05, 3.63) is 23.8 Å². The average Bonchev–Trinajstić information content (AvgIpc) is 2.32. The second kappa shape index (κ2) is 7.50. The molecule has 1 aromatic carbocycles. The molecule has 0 aliphatic carbocycles. The lowest BCUT2D eigenvalue weighted by Crippen LogP contribution is -2.42. The van der Waals surface area contributed by atoms with E-state index in [-0.39, 0.29) is 6.15 Å². The first kappa shape index (κ1) is 16.8. The zero-order chi connectivity index (χ0) is 13.8. The van der Waals surface area contributed by atoms with E-state index in [1.165, 1.54) is 36.9 Å². The number of aryl methyl sites for hydroxylation is 1. The Morgan fingerprint density at radius 1 is 1.20 bits per heavy atom. The van der Waals surface area contributed by atoms with Crippen LogP contribution in [0.3, 0.4) is 0 Å². The van der Waals surface area contributed by atoms with Crippen LogP contribution in [0.2, 0.25) is 0 Å². The van der Waals surface area contributed by atoms with Crippen molar-refractivity contribution in [2.75, 3.05) is 37.8 Å². The maximum Gasteiger partial charge on any atom is 0.0370 e. The molecule has 0 bridgehead atoms. The van der Waals surface area contributed by atoms with Gasteiger partial charge in [-0.05, 0) is 57.6 Å². The van der Waals surface area contributed by atoms with Gasteiger partial charge in [-0.25, -0.2) is 0 Å². The van der Waals surface area contributed by atoms with Crippen molar-refractivity contribution < 1.29 is 0 Å². The highest BCUT2D eigenvalue weighted by atomic mass is 15.2. The molecule has 5 N–H and O–H groups in total. The van der Waals surface area contributed by atoms with Gasteiger partial charge in [0.1, 0.15) is 0 Å². The molecule has 1 aliphatic rings. The Balaban J connectivity index is 0.00000200. The van der Waals surface area contributed by atoms with E-state index in [0.717, 1.165) is 18.8 Å². The normalized spacial score (nSPS) is 20.2. The molecule has 1 atom stereocenters. The van der Waals surface area contributed by atoms with Crippen LogP contribution >= 0.6 is 0 Å². The van der Waals surface area contributed by atoms with Gasteiger partial charge in [-0.15, -0.1) is 0 Å². The van der Waals surface area contributed by atoms with Crippen molar-refractivity contribution in [2.45, 2.75) is 38.6 Å². The van der Waals surface area contributed by atoms with E-state index in [2.05, 4.69) is 43.0 Å². The van der Waals surface area contributed by atoms with E-state index in [1.54, 1.807) is 0 Å². The molecule has 1 aliphatic heterocycles. The van der Waals surface area contributed by atoms with E-state index in [1.807, 2.05) is 6.07 Å². The van der Waals surface area contributed by atoms with Gasteiger partial charge < -0.3 is 21.7 Å². The first-order valence-electron chi connectivity index (χ1n) is 7.35. The first-order valence-corrected chi connectivity index (χ1v) is 7.35. The molecule has 4 nitrogen and oxygen atoms in total. The van der Waals surface area contributed by atoms with Crippen LogP contribution in [-0.4, -0.2) is 38.1 Å². The smallest absolute Gasteiger partial charge is 0.0370 e. The van der Waals surface area contributed by atoms with Crippen molar-refractivity contribution in [1.82, 2.24) is 11.1 Å². The molecule has 2 rings (SSSR count). The molecule has 0 spiro atoms. The zero-order valence-electron chi connectivity index (χ0n) is 13.2. The van der Waals surface area contributed by atoms with Gasteiger partial charge in [0.25, 0.3) is 0 Å². The Morgan fingerprint density at radius 3 is 2.60 bits per heavy atom. The van der Waals surface area contributed by atoms with Crippen LogP contribution in [0.4, 0.5) is 11.4 Å². The van der Waals surface area contributed by atoms with Gasteiger partial charge in [0.2, 0.25) is 0 Å². The van der Waals surface area contributed by atoms with Crippen molar-refractivity contribution >= 4 is 11.4 Å². The highest BCUT2D eigenvalue weighted by Crippen LogP contribution is 2.24. The third-order valence-electron chi connectivity index (χ3n) is 4.25. The Morgan fingerprint density at radius 2 is 1.95 bits per heavy atom. The maximum atomic E-state index is 5.92. The van der Waals surface area contributed by atoms with Gasteiger partial charge in [-0.1, -0.05) is 12.8 Å². The number of benzene rings is 1. The van der Waals surface area contributed by atoms with Crippen LogP contribution in [0.15, 0.2) is 18.2 Å². The van der Waals surface area contributed by atoms with Gasteiger partial charge in [-0.2, -0.15) is 0 Å². The lowest BCUT2D eigenvalue weighted by molar-refractivity contribution is 0.266. The molecule has 1 heterocycles. The molecule has 4 heteroatoms. The fraction of sp³-hybridized carbons (Fsp3) is 0.625. The number of rotatable bonds is 2. The SMILES string of the molecule is Cc1cc(N2CCCCCC(N(C)C)C2)ccc1N.N. The van der Waals surface area contributed by atoms with Crippen LogP contribution in [0, 0.1) is 6.92 Å². The minimum Gasteiger partial charge on any atom is -0.399 e. The minimum atomic E-state index is 0. The Kier molecular flexibility index (Phi) is 6.30. The fourth-order valence-corrected chi connectivity index (χ4v) is 2.81. The van der Waals surface area contributed by atoms with Crippen molar-refractivity contribution in [3.8, 4) is 0 Å². The van der Waals surface area contributed by atoms with Crippen molar-refractivity contribution in [2.24, 2.45) is 0 Å². The second-order valence-electron chi connectivity index (χ2n) is 5.95. The number of anilines is 2. The molecule has 0 amide bonds. The second-order valence-corrected chi connectivity index (χ2v) is 5.95. The Labute approximate surface area is 123 Å². The molecular formula is C16H30N4. The van der Waals surface area contributed by atoms with Crippen LogP contribution in [-0.2, 0) is 0 Å². The highest BCUT2D eigenvalue weighted by molar-refractivity contribution is 5.58. The minimum absolute atomic E-state index is 0. The molecule has 1 fully saturated rings. The Bertz CT molecular complexity index is 417. The fourth-order valence-electron chi connectivity index (χ4n) is 2.81. The quantitative estimate of drug-likeness (QED) is 0.816. The summed E-state index contributed by atoms with van der Waals surface area (Å²) in [7, 11) is 4.39. The standard InChI is InChI=1S/C16H27N3.H3N/c1-13-11-14(8-9-16(13)17)19-10-6-4-5-7-15(12-19)18(2)3;/h8-9,11,15H,4-7,10,12,17H2,1-3H3;1H3. The number of likely N-dealkylation sites (N-methyl/N-ethyl adjacent to an activating group) is 1. The lowest BCUT2D eigenvalue weighted by atomic mass is 10.0. The topological polar surface area (TPSA) is 67.5 Å². The molecule has 0 aromatic heterocycles. The van der Waals surface area contributed by atoms with Crippen molar-refractivity contribution in [3.63, 3.8) is 0 Å².